The molecule has 0 aliphatic heterocycles. The summed E-state index contributed by atoms with van der Waals surface area (Å²) >= 11 is 2.97. The van der Waals surface area contributed by atoms with Gasteiger partial charge < -0.3 is 0 Å². The van der Waals surface area contributed by atoms with Crippen molar-refractivity contribution in [3.63, 3.8) is 0 Å². The van der Waals surface area contributed by atoms with Gasteiger partial charge in [0, 0.05) is 10.4 Å². The molecule has 21 heavy (non-hydrogen) atoms. The maximum atomic E-state index is 12.3. The van der Waals surface area contributed by atoms with Crippen molar-refractivity contribution in [3.8, 4) is 11.4 Å². The van der Waals surface area contributed by atoms with Crippen LogP contribution in [-0.4, -0.2) is 14.6 Å². The Kier molecular flexibility index (Phi) is 2.90. The standard InChI is InChI=1S/C15H9N3OS2/c19-14-12(9-11-7-4-8-20-11)21-15-16-13(17-18(14)15)10-5-2-1-3-6-10/h1-9H/b12-9+. The molecular formula is C15H9N3OS2. The fourth-order valence-corrected chi connectivity index (χ4v) is 3.68. The molecule has 0 bridgehead atoms. The Balaban J connectivity index is 1.87. The van der Waals surface area contributed by atoms with Crippen molar-refractivity contribution in [1.82, 2.24) is 14.6 Å². The average Bonchev–Trinajstić information content (AvgIpc) is 3.21. The van der Waals surface area contributed by atoms with Crippen LogP contribution in [-0.2, 0) is 0 Å². The monoisotopic (exact) mass is 311 g/mol. The number of rotatable bonds is 2. The zero-order valence-corrected chi connectivity index (χ0v) is 12.4. The zero-order chi connectivity index (χ0) is 14.2. The largest absolute Gasteiger partial charge is 0.291 e. The van der Waals surface area contributed by atoms with Gasteiger partial charge in [-0.1, -0.05) is 47.7 Å². The first-order valence-electron chi connectivity index (χ1n) is 6.31. The quantitative estimate of drug-likeness (QED) is 0.571. The van der Waals surface area contributed by atoms with E-state index < -0.39 is 0 Å². The van der Waals surface area contributed by atoms with Gasteiger partial charge in [0.05, 0.1) is 4.53 Å². The van der Waals surface area contributed by atoms with Crippen LogP contribution in [0.1, 0.15) is 4.88 Å². The van der Waals surface area contributed by atoms with E-state index in [-0.39, 0.29) is 5.56 Å². The number of benzene rings is 1. The summed E-state index contributed by atoms with van der Waals surface area (Å²) in [5.74, 6) is 0.585. The van der Waals surface area contributed by atoms with Gasteiger partial charge in [-0.05, 0) is 17.5 Å². The molecule has 6 heteroatoms. The SMILES string of the molecule is O=c1/c(=C\c2cccs2)sc2nc(-c3ccccc3)nn12. The molecule has 0 radical (unpaired) electrons. The van der Waals surface area contributed by atoms with Crippen LogP contribution in [0, 0.1) is 0 Å². The van der Waals surface area contributed by atoms with Crippen molar-refractivity contribution in [1.29, 1.82) is 0 Å². The maximum absolute atomic E-state index is 12.3. The molecule has 4 aromatic rings. The number of thiophene rings is 1. The third-order valence-corrected chi connectivity index (χ3v) is 4.81. The molecule has 0 fully saturated rings. The van der Waals surface area contributed by atoms with Crippen molar-refractivity contribution in [2.75, 3.05) is 0 Å². The fourth-order valence-electron chi connectivity index (χ4n) is 2.05. The van der Waals surface area contributed by atoms with Crippen molar-refractivity contribution in [2.45, 2.75) is 0 Å². The Morgan fingerprint density at radius 2 is 1.95 bits per heavy atom. The van der Waals surface area contributed by atoms with Gasteiger partial charge in [-0.15, -0.1) is 16.4 Å². The molecule has 0 aliphatic rings. The molecule has 102 valence electrons. The highest BCUT2D eigenvalue weighted by atomic mass is 32.1. The maximum Gasteiger partial charge on any atom is 0.291 e. The Morgan fingerprint density at radius 3 is 2.67 bits per heavy atom. The topological polar surface area (TPSA) is 47.3 Å². The van der Waals surface area contributed by atoms with Crippen LogP contribution in [0.5, 0.6) is 0 Å². The molecule has 0 unspecified atom stereocenters. The van der Waals surface area contributed by atoms with E-state index in [1.807, 2.05) is 53.9 Å². The van der Waals surface area contributed by atoms with Crippen LogP contribution in [0.25, 0.3) is 22.4 Å². The van der Waals surface area contributed by atoms with Crippen LogP contribution in [0.3, 0.4) is 0 Å². The second-order valence-electron chi connectivity index (χ2n) is 4.43. The third-order valence-electron chi connectivity index (χ3n) is 3.03. The van der Waals surface area contributed by atoms with Gasteiger partial charge in [0.25, 0.3) is 5.56 Å². The molecule has 1 aromatic carbocycles. The number of nitrogens with zero attached hydrogens (tertiary/aromatic N) is 3. The lowest BCUT2D eigenvalue weighted by molar-refractivity contribution is 0.937. The minimum atomic E-state index is -0.113. The molecule has 4 rings (SSSR count). The van der Waals surface area contributed by atoms with Crippen LogP contribution >= 0.6 is 22.7 Å². The highest BCUT2D eigenvalue weighted by Crippen LogP contribution is 2.16. The lowest BCUT2D eigenvalue weighted by Gasteiger charge is -1.91. The fraction of sp³-hybridized carbons (Fsp3) is 0. The molecule has 3 aromatic heterocycles. The number of hydrogen-bond donors (Lipinski definition) is 0. The molecule has 0 spiro atoms. The molecule has 0 saturated heterocycles. The number of fused-ring (bicyclic) bond motifs is 1. The third kappa shape index (κ3) is 2.18. The summed E-state index contributed by atoms with van der Waals surface area (Å²) in [4.78, 5) is 18.5. The van der Waals surface area contributed by atoms with Gasteiger partial charge in [0.15, 0.2) is 5.82 Å². The number of thiazole rings is 1. The predicted octanol–water partition coefficient (Wildman–Crippen LogP) is 2.43. The van der Waals surface area contributed by atoms with Gasteiger partial charge >= 0.3 is 0 Å². The first kappa shape index (κ1) is 12.4. The Hall–Kier alpha value is -2.31. The van der Waals surface area contributed by atoms with Gasteiger partial charge in [0.1, 0.15) is 0 Å². The van der Waals surface area contributed by atoms with Gasteiger partial charge in [0.2, 0.25) is 4.96 Å². The number of hydrogen-bond acceptors (Lipinski definition) is 5. The van der Waals surface area contributed by atoms with E-state index in [0.717, 1.165) is 10.4 Å². The second kappa shape index (κ2) is 4.91. The Labute approximate surface area is 127 Å². The van der Waals surface area contributed by atoms with Crippen LogP contribution < -0.4 is 10.1 Å². The molecule has 0 atom stereocenters. The lowest BCUT2D eigenvalue weighted by Crippen LogP contribution is -2.23. The molecular weight excluding hydrogens is 302 g/mol. The smallest absolute Gasteiger partial charge is 0.266 e. The molecule has 0 aliphatic carbocycles. The zero-order valence-electron chi connectivity index (χ0n) is 10.8. The predicted molar refractivity (Wildman–Crippen MR) is 85.7 cm³/mol. The van der Waals surface area contributed by atoms with Crippen molar-refractivity contribution >= 4 is 33.7 Å². The first-order valence-corrected chi connectivity index (χ1v) is 8.01. The number of aromatic nitrogens is 3. The normalized spacial score (nSPS) is 12.3. The second-order valence-corrected chi connectivity index (χ2v) is 6.42. The summed E-state index contributed by atoms with van der Waals surface area (Å²) in [6, 6.07) is 13.6. The van der Waals surface area contributed by atoms with E-state index in [1.54, 1.807) is 11.3 Å². The molecule has 4 nitrogen and oxygen atoms in total. The van der Waals surface area contributed by atoms with Crippen LogP contribution in [0.15, 0.2) is 52.6 Å². The molecule has 0 saturated carbocycles. The highest BCUT2D eigenvalue weighted by molar-refractivity contribution is 7.15. The van der Waals surface area contributed by atoms with E-state index in [9.17, 15) is 4.79 Å². The molecule has 0 amide bonds. The van der Waals surface area contributed by atoms with Crippen molar-refractivity contribution < 1.29 is 0 Å². The minimum Gasteiger partial charge on any atom is -0.266 e. The Bertz CT molecular complexity index is 1000. The summed E-state index contributed by atoms with van der Waals surface area (Å²) < 4.78 is 2.04. The lowest BCUT2D eigenvalue weighted by atomic mass is 10.2. The van der Waals surface area contributed by atoms with Crippen molar-refractivity contribution in [3.05, 3.63) is 67.6 Å². The van der Waals surface area contributed by atoms with E-state index in [2.05, 4.69) is 10.1 Å². The summed E-state index contributed by atoms with van der Waals surface area (Å²) in [5, 5.41) is 6.31. The average molecular weight is 311 g/mol. The van der Waals surface area contributed by atoms with E-state index in [1.165, 1.54) is 15.9 Å². The van der Waals surface area contributed by atoms with Crippen molar-refractivity contribution in [2.24, 2.45) is 0 Å². The van der Waals surface area contributed by atoms with Gasteiger partial charge in [-0.25, -0.2) is 0 Å². The van der Waals surface area contributed by atoms with E-state index >= 15 is 0 Å². The molecule has 0 N–H and O–H groups in total. The van der Waals surface area contributed by atoms with Gasteiger partial charge in [-0.2, -0.15) is 9.50 Å². The summed E-state index contributed by atoms with van der Waals surface area (Å²) in [7, 11) is 0. The Morgan fingerprint density at radius 1 is 1.10 bits per heavy atom. The van der Waals surface area contributed by atoms with E-state index in [0.29, 0.717) is 15.3 Å². The summed E-state index contributed by atoms with van der Waals surface area (Å²) in [6.07, 6.45) is 1.89. The van der Waals surface area contributed by atoms with E-state index in [4.69, 9.17) is 0 Å². The van der Waals surface area contributed by atoms with Crippen LogP contribution in [0.2, 0.25) is 0 Å². The summed E-state index contributed by atoms with van der Waals surface area (Å²) in [6.45, 7) is 0. The highest BCUT2D eigenvalue weighted by Gasteiger charge is 2.11. The first-order chi connectivity index (χ1) is 10.3. The van der Waals surface area contributed by atoms with Gasteiger partial charge in [-0.3, -0.25) is 4.79 Å². The minimum absolute atomic E-state index is 0.113. The molecule has 3 heterocycles. The summed E-state index contributed by atoms with van der Waals surface area (Å²) in [5.41, 5.74) is 0.801. The van der Waals surface area contributed by atoms with Crippen LogP contribution in [0.4, 0.5) is 0 Å².